The summed E-state index contributed by atoms with van der Waals surface area (Å²) in [5.41, 5.74) is 2.32. The Balaban J connectivity index is 1.99. The van der Waals surface area contributed by atoms with E-state index < -0.39 is 22.4 Å². The lowest BCUT2D eigenvalue weighted by Crippen LogP contribution is -2.42. The Bertz CT molecular complexity index is 1250. The van der Waals surface area contributed by atoms with Gasteiger partial charge in [0.1, 0.15) is 11.9 Å². The molecule has 1 aromatic carbocycles. The predicted molar refractivity (Wildman–Crippen MR) is 126 cm³/mol. The topological polar surface area (TPSA) is 116 Å². The molecule has 0 radical (unpaired) electrons. The highest BCUT2D eigenvalue weighted by molar-refractivity contribution is 7.88. The van der Waals surface area contributed by atoms with Gasteiger partial charge >= 0.3 is 16.3 Å². The molecule has 0 spiro atoms. The summed E-state index contributed by atoms with van der Waals surface area (Å²) < 4.78 is 43.3. The fourth-order valence-corrected chi connectivity index (χ4v) is 4.56. The van der Waals surface area contributed by atoms with Crippen molar-refractivity contribution in [2.24, 2.45) is 7.05 Å². The van der Waals surface area contributed by atoms with Gasteiger partial charge in [-0.15, -0.1) is 0 Å². The van der Waals surface area contributed by atoms with Crippen molar-refractivity contribution >= 4 is 38.8 Å². The molecule has 0 bridgehead atoms. The number of hydrogen-bond donors (Lipinski definition) is 2. The van der Waals surface area contributed by atoms with E-state index in [-0.39, 0.29) is 19.3 Å². The number of amides is 1. The van der Waals surface area contributed by atoms with E-state index in [2.05, 4.69) is 14.6 Å². The van der Waals surface area contributed by atoms with Crippen molar-refractivity contribution in [3.05, 3.63) is 46.7 Å². The van der Waals surface area contributed by atoms with E-state index in [9.17, 15) is 13.2 Å². The van der Waals surface area contributed by atoms with Crippen molar-refractivity contribution in [1.29, 1.82) is 0 Å². The SMILES string of the molecule is CCOC(=O)NS(=O)(=O)NCC(OC(C)C)c1c(C)nn(C)c1-n1ccc2cc(Cl)ccc21. The number of aryl methyl sites for hydroxylation is 2. The molecule has 2 heterocycles. The zero-order valence-corrected chi connectivity index (χ0v) is 20.7. The van der Waals surface area contributed by atoms with Gasteiger partial charge in [-0.05, 0) is 52.0 Å². The molecule has 0 fully saturated rings. The van der Waals surface area contributed by atoms with Gasteiger partial charge < -0.3 is 14.0 Å². The Hall–Kier alpha value is -2.60. The lowest BCUT2D eigenvalue weighted by molar-refractivity contribution is 0.00953. The monoisotopic (exact) mass is 497 g/mol. The second kappa shape index (κ2) is 10.1. The molecule has 1 unspecified atom stereocenters. The summed E-state index contributed by atoms with van der Waals surface area (Å²) in [7, 11) is -2.35. The highest BCUT2D eigenvalue weighted by atomic mass is 35.5. The van der Waals surface area contributed by atoms with Gasteiger partial charge in [-0.25, -0.2) is 9.52 Å². The number of carbonyl (C=O) groups excluding carboxylic acids is 1. The Labute approximate surface area is 198 Å². The Morgan fingerprint density at radius 2 is 2.00 bits per heavy atom. The molecule has 0 saturated heterocycles. The number of aromatic nitrogens is 3. The second-order valence-corrected chi connectivity index (χ2v) is 9.62. The van der Waals surface area contributed by atoms with Crippen LogP contribution in [0.3, 0.4) is 0 Å². The summed E-state index contributed by atoms with van der Waals surface area (Å²) in [5, 5.41) is 6.14. The van der Waals surface area contributed by atoms with Crippen molar-refractivity contribution in [2.75, 3.05) is 13.2 Å². The Morgan fingerprint density at radius 1 is 1.27 bits per heavy atom. The number of halogens is 1. The molecule has 0 aliphatic carbocycles. The van der Waals surface area contributed by atoms with Gasteiger partial charge in [-0.1, -0.05) is 11.6 Å². The van der Waals surface area contributed by atoms with E-state index in [0.717, 1.165) is 22.3 Å². The van der Waals surface area contributed by atoms with Crippen molar-refractivity contribution in [1.82, 2.24) is 23.8 Å². The van der Waals surface area contributed by atoms with E-state index in [4.69, 9.17) is 16.3 Å². The van der Waals surface area contributed by atoms with Crippen LogP contribution in [0.1, 0.15) is 38.1 Å². The predicted octanol–water partition coefficient (Wildman–Crippen LogP) is 3.37. The molecule has 180 valence electrons. The standard InChI is InChI=1S/C21H28ClN5O5S/c1-6-31-21(28)25-33(29,30)23-12-18(32-13(2)3)19-14(4)24-26(5)20(19)27-10-9-15-11-16(22)7-8-17(15)27/h7-11,13,18,23H,6,12H2,1-5H3,(H,25,28). The van der Waals surface area contributed by atoms with Crippen molar-refractivity contribution in [2.45, 2.75) is 39.9 Å². The zero-order chi connectivity index (χ0) is 24.3. The average Bonchev–Trinajstić information content (AvgIpc) is 3.23. The number of nitrogens with one attached hydrogen (secondary N) is 2. The smallest absolute Gasteiger partial charge is 0.421 e. The maximum atomic E-state index is 12.3. The van der Waals surface area contributed by atoms with Gasteiger partial charge in [0, 0.05) is 35.8 Å². The van der Waals surface area contributed by atoms with Crippen LogP contribution in [0.2, 0.25) is 5.02 Å². The summed E-state index contributed by atoms with van der Waals surface area (Å²) in [4.78, 5) is 11.6. The van der Waals surface area contributed by atoms with Crippen LogP contribution < -0.4 is 9.44 Å². The molecule has 10 nitrogen and oxygen atoms in total. The molecule has 33 heavy (non-hydrogen) atoms. The number of rotatable bonds is 9. The molecule has 12 heteroatoms. The molecule has 0 aliphatic heterocycles. The van der Waals surface area contributed by atoms with Crippen molar-refractivity contribution < 1.29 is 22.7 Å². The Morgan fingerprint density at radius 3 is 2.67 bits per heavy atom. The van der Waals surface area contributed by atoms with Gasteiger partial charge in [0.2, 0.25) is 0 Å². The highest BCUT2D eigenvalue weighted by Crippen LogP contribution is 2.32. The minimum atomic E-state index is -4.16. The number of ether oxygens (including phenoxy) is 2. The highest BCUT2D eigenvalue weighted by Gasteiger charge is 2.28. The summed E-state index contributed by atoms with van der Waals surface area (Å²) in [6, 6.07) is 7.53. The fraction of sp³-hybridized carbons (Fsp3) is 0.429. The van der Waals surface area contributed by atoms with Crippen LogP contribution in [0, 0.1) is 6.92 Å². The number of nitrogens with zero attached hydrogens (tertiary/aromatic N) is 3. The van der Waals surface area contributed by atoms with Gasteiger partial charge in [-0.2, -0.15) is 18.2 Å². The number of carbonyl (C=O) groups is 1. The third-order valence-electron chi connectivity index (χ3n) is 4.83. The zero-order valence-electron chi connectivity index (χ0n) is 19.1. The first-order chi connectivity index (χ1) is 15.5. The minimum Gasteiger partial charge on any atom is -0.449 e. The van der Waals surface area contributed by atoms with E-state index in [0.29, 0.717) is 10.7 Å². The van der Waals surface area contributed by atoms with Crippen LogP contribution in [0.15, 0.2) is 30.5 Å². The van der Waals surface area contributed by atoms with Crippen molar-refractivity contribution in [3.63, 3.8) is 0 Å². The molecule has 2 N–H and O–H groups in total. The number of benzene rings is 1. The van der Waals surface area contributed by atoms with Crippen LogP contribution in [0.4, 0.5) is 4.79 Å². The average molecular weight is 498 g/mol. The molecule has 3 aromatic rings. The molecule has 3 rings (SSSR count). The van der Waals surface area contributed by atoms with Gasteiger partial charge in [0.25, 0.3) is 0 Å². The molecular formula is C21H28ClN5O5S. The van der Waals surface area contributed by atoms with E-state index in [1.54, 1.807) is 17.7 Å². The summed E-state index contributed by atoms with van der Waals surface area (Å²) in [5.74, 6) is 0.730. The Kier molecular flexibility index (Phi) is 7.68. The summed E-state index contributed by atoms with van der Waals surface area (Å²) in [6.07, 6.45) is -0.0377. The third-order valence-corrected chi connectivity index (χ3v) is 6.05. The maximum absolute atomic E-state index is 12.3. The number of hydrogen-bond acceptors (Lipinski definition) is 6. The first-order valence-electron chi connectivity index (χ1n) is 10.4. The number of fused-ring (bicyclic) bond motifs is 1. The molecule has 0 aliphatic rings. The quantitative estimate of drug-likeness (QED) is 0.468. The van der Waals surface area contributed by atoms with E-state index in [1.807, 2.05) is 61.5 Å². The molecule has 1 amide bonds. The molecule has 0 saturated carbocycles. The fourth-order valence-electron chi connectivity index (χ4n) is 3.66. The molecule has 1 atom stereocenters. The molecular weight excluding hydrogens is 470 g/mol. The van der Waals surface area contributed by atoms with Gasteiger partial charge in [0.15, 0.2) is 0 Å². The first-order valence-corrected chi connectivity index (χ1v) is 12.3. The van der Waals surface area contributed by atoms with Gasteiger partial charge in [-0.3, -0.25) is 4.68 Å². The maximum Gasteiger partial charge on any atom is 0.421 e. The van der Waals surface area contributed by atoms with Crippen LogP contribution in [0.25, 0.3) is 16.7 Å². The molecule has 2 aromatic heterocycles. The van der Waals surface area contributed by atoms with Crippen LogP contribution in [-0.2, 0) is 26.7 Å². The van der Waals surface area contributed by atoms with Crippen LogP contribution in [0.5, 0.6) is 0 Å². The largest absolute Gasteiger partial charge is 0.449 e. The lowest BCUT2D eigenvalue weighted by Gasteiger charge is -2.23. The summed E-state index contributed by atoms with van der Waals surface area (Å²) >= 11 is 6.14. The first kappa shape index (κ1) is 25.0. The second-order valence-electron chi connectivity index (χ2n) is 7.68. The third kappa shape index (κ3) is 5.85. The van der Waals surface area contributed by atoms with Gasteiger partial charge in [0.05, 0.1) is 23.9 Å². The van der Waals surface area contributed by atoms with Crippen LogP contribution >= 0.6 is 11.6 Å². The van der Waals surface area contributed by atoms with E-state index >= 15 is 0 Å². The van der Waals surface area contributed by atoms with Crippen LogP contribution in [-0.4, -0.2) is 48.1 Å². The van der Waals surface area contributed by atoms with Crippen molar-refractivity contribution in [3.8, 4) is 5.82 Å². The normalized spacial score (nSPS) is 12.9. The summed E-state index contributed by atoms with van der Waals surface area (Å²) in [6.45, 7) is 7.06. The lowest BCUT2D eigenvalue weighted by atomic mass is 10.1. The van der Waals surface area contributed by atoms with E-state index in [1.165, 1.54) is 0 Å². The minimum absolute atomic E-state index is 0.0503.